The van der Waals surface area contributed by atoms with Gasteiger partial charge in [0.25, 0.3) is 0 Å². The number of phosphoric acid groups is 1. The summed E-state index contributed by atoms with van der Waals surface area (Å²) >= 11 is 0. The molecule has 0 heterocycles. The van der Waals surface area contributed by atoms with Crippen LogP contribution >= 0.6 is 7.82 Å². The van der Waals surface area contributed by atoms with Gasteiger partial charge in [-0.2, -0.15) is 0 Å². The molecule has 0 radical (unpaired) electrons. The Hall–Kier alpha value is 0.0700. The molecule has 0 aromatic carbocycles. The summed E-state index contributed by atoms with van der Waals surface area (Å²) in [6, 6.07) is 0. The molecule has 6 heteroatoms. The molecule has 0 saturated carbocycles. The predicted octanol–water partition coefficient (Wildman–Crippen LogP) is 4.28. The first-order valence-electron chi connectivity index (χ1n) is 7.75. The molecule has 0 aromatic rings. The van der Waals surface area contributed by atoms with Crippen LogP contribution in [-0.4, -0.2) is 29.6 Å². The highest BCUT2D eigenvalue weighted by atomic mass is 31.2. The smallest absolute Gasteiger partial charge is 0.382 e. The minimum Gasteiger partial charge on any atom is -0.382 e. The summed E-state index contributed by atoms with van der Waals surface area (Å²) < 4.78 is 19.5. The van der Waals surface area contributed by atoms with Crippen molar-refractivity contribution >= 4 is 7.82 Å². The summed E-state index contributed by atoms with van der Waals surface area (Å²) in [5.74, 6) is 0. The van der Waals surface area contributed by atoms with E-state index in [4.69, 9.17) is 14.5 Å². The lowest BCUT2D eigenvalue weighted by molar-refractivity contribution is 0.162. The number of unbranched alkanes of at least 4 members (excludes halogenated alkanes) is 7. The Morgan fingerprint density at radius 1 is 0.800 bits per heavy atom. The van der Waals surface area contributed by atoms with Crippen molar-refractivity contribution in [3.8, 4) is 0 Å². The first-order valence-corrected chi connectivity index (χ1v) is 9.28. The third-order valence-electron chi connectivity index (χ3n) is 2.67. The molecule has 124 valence electrons. The van der Waals surface area contributed by atoms with Gasteiger partial charge in [0.1, 0.15) is 0 Å². The van der Waals surface area contributed by atoms with Crippen LogP contribution in [0.4, 0.5) is 0 Å². The average Bonchev–Trinajstić information content (AvgIpc) is 2.37. The molecule has 0 saturated heterocycles. The second-order valence-electron chi connectivity index (χ2n) is 4.58. The number of ether oxygens (including phenoxy) is 1. The van der Waals surface area contributed by atoms with E-state index in [0.717, 1.165) is 32.5 Å². The maximum absolute atomic E-state index is 10.3. The molecule has 0 spiro atoms. The second kappa shape index (κ2) is 17.1. The Morgan fingerprint density at radius 3 is 1.60 bits per heavy atom. The van der Waals surface area contributed by atoms with E-state index < -0.39 is 7.82 Å². The van der Waals surface area contributed by atoms with E-state index in [9.17, 15) is 4.57 Å². The molecule has 0 amide bonds. The van der Waals surface area contributed by atoms with Gasteiger partial charge in [-0.1, -0.05) is 51.9 Å². The van der Waals surface area contributed by atoms with Gasteiger partial charge in [0.15, 0.2) is 0 Å². The van der Waals surface area contributed by atoms with Gasteiger partial charge in [-0.3, -0.25) is 4.52 Å². The zero-order valence-electron chi connectivity index (χ0n) is 13.3. The van der Waals surface area contributed by atoms with Crippen molar-refractivity contribution in [3.05, 3.63) is 0 Å². The Morgan fingerprint density at radius 2 is 1.25 bits per heavy atom. The van der Waals surface area contributed by atoms with Crippen LogP contribution in [0.25, 0.3) is 0 Å². The third kappa shape index (κ3) is 26.6. The zero-order chi connectivity index (χ0) is 15.7. The fraction of sp³-hybridized carbons (Fsp3) is 1.00. The van der Waals surface area contributed by atoms with E-state index in [1.807, 2.05) is 13.8 Å². The van der Waals surface area contributed by atoms with Crippen molar-refractivity contribution in [2.45, 2.75) is 72.1 Å². The van der Waals surface area contributed by atoms with Gasteiger partial charge in [-0.05, 0) is 20.3 Å². The molecule has 0 rings (SSSR count). The average molecular weight is 312 g/mol. The lowest BCUT2D eigenvalue weighted by atomic mass is 10.1. The fourth-order valence-electron chi connectivity index (χ4n) is 1.62. The standard InChI is InChI=1S/C10H23O4P.C4H10O/c1-2-3-4-5-6-7-8-9-10-14-15(11,12)13;1-3-5-4-2/h2-10H2,1H3,(H2,11,12,13);3-4H2,1-2H3. The van der Waals surface area contributed by atoms with E-state index in [0.29, 0.717) is 0 Å². The fourth-order valence-corrected chi connectivity index (χ4v) is 1.99. The van der Waals surface area contributed by atoms with Crippen molar-refractivity contribution < 1.29 is 23.6 Å². The maximum Gasteiger partial charge on any atom is 0.469 e. The molecule has 0 bridgehead atoms. The third-order valence-corrected chi connectivity index (χ3v) is 3.18. The zero-order valence-corrected chi connectivity index (χ0v) is 14.2. The minimum absolute atomic E-state index is 0.166. The SMILES string of the molecule is CCCCCCCCCCOP(=O)(O)O.CCOCC. The Bertz CT molecular complexity index is 216. The van der Waals surface area contributed by atoms with Crippen LogP contribution < -0.4 is 0 Å². The highest BCUT2D eigenvalue weighted by Gasteiger charge is 2.12. The lowest BCUT2D eigenvalue weighted by Gasteiger charge is -2.04. The van der Waals surface area contributed by atoms with Crippen molar-refractivity contribution in [2.24, 2.45) is 0 Å². The first kappa shape index (κ1) is 22.4. The van der Waals surface area contributed by atoms with Gasteiger partial charge >= 0.3 is 7.82 Å². The van der Waals surface area contributed by atoms with Gasteiger partial charge in [0.2, 0.25) is 0 Å². The van der Waals surface area contributed by atoms with Gasteiger partial charge in [-0.15, -0.1) is 0 Å². The molecule has 20 heavy (non-hydrogen) atoms. The van der Waals surface area contributed by atoms with Crippen molar-refractivity contribution in [1.82, 2.24) is 0 Å². The molecular weight excluding hydrogens is 279 g/mol. The monoisotopic (exact) mass is 312 g/mol. The van der Waals surface area contributed by atoms with Crippen molar-refractivity contribution in [2.75, 3.05) is 19.8 Å². The van der Waals surface area contributed by atoms with E-state index in [-0.39, 0.29) is 6.61 Å². The van der Waals surface area contributed by atoms with E-state index >= 15 is 0 Å². The summed E-state index contributed by atoms with van der Waals surface area (Å²) in [5.41, 5.74) is 0. The van der Waals surface area contributed by atoms with Crippen LogP contribution in [-0.2, 0) is 13.8 Å². The van der Waals surface area contributed by atoms with Crippen molar-refractivity contribution in [3.63, 3.8) is 0 Å². The van der Waals surface area contributed by atoms with Crippen LogP contribution in [0, 0.1) is 0 Å². The number of rotatable bonds is 12. The van der Waals surface area contributed by atoms with Crippen LogP contribution in [0.1, 0.15) is 72.1 Å². The molecule has 0 fully saturated rings. The number of hydrogen-bond donors (Lipinski definition) is 2. The maximum atomic E-state index is 10.3. The Labute approximate surface area is 124 Å². The van der Waals surface area contributed by atoms with E-state index in [1.54, 1.807) is 0 Å². The first-order chi connectivity index (χ1) is 9.47. The molecule has 0 unspecified atom stereocenters. The van der Waals surface area contributed by atoms with Crippen LogP contribution in [0.2, 0.25) is 0 Å². The molecule has 0 aromatic heterocycles. The summed E-state index contributed by atoms with van der Waals surface area (Å²) in [6.45, 7) is 8.03. The van der Waals surface area contributed by atoms with Gasteiger partial charge in [-0.25, -0.2) is 4.57 Å². The van der Waals surface area contributed by atoms with Crippen LogP contribution in [0.3, 0.4) is 0 Å². The quantitative estimate of drug-likeness (QED) is 0.415. The summed E-state index contributed by atoms with van der Waals surface area (Å²) in [7, 11) is -4.24. The van der Waals surface area contributed by atoms with Crippen LogP contribution in [0.15, 0.2) is 0 Å². The summed E-state index contributed by atoms with van der Waals surface area (Å²) in [6.07, 6.45) is 9.22. The minimum atomic E-state index is -4.24. The molecule has 0 atom stereocenters. The molecule has 0 aliphatic heterocycles. The summed E-state index contributed by atoms with van der Waals surface area (Å²) in [4.78, 5) is 16.8. The van der Waals surface area contributed by atoms with Crippen LogP contribution in [0.5, 0.6) is 0 Å². The number of hydrogen-bond acceptors (Lipinski definition) is 3. The van der Waals surface area contributed by atoms with Gasteiger partial charge in [0, 0.05) is 13.2 Å². The molecule has 2 N–H and O–H groups in total. The molecule has 0 aliphatic carbocycles. The lowest BCUT2D eigenvalue weighted by Crippen LogP contribution is -1.92. The molecule has 0 aliphatic rings. The molecular formula is C14H33O5P. The topological polar surface area (TPSA) is 76.0 Å². The number of phosphoric ester groups is 1. The van der Waals surface area contributed by atoms with Gasteiger partial charge in [0.05, 0.1) is 6.61 Å². The Balaban J connectivity index is 0. The highest BCUT2D eigenvalue weighted by molar-refractivity contribution is 7.46. The van der Waals surface area contributed by atoms with E-state index in [2.05, 4.69) is 11.4 Å². The highest BCUT2D eigenvalue weighted by Crippen LogP contribution is 2.35. The van der Waals surface area contributed by atoms with Crippen molar-refractivity contribution in [1.29, 1.82) is 0 Å². The second-order valence-corrected chi connectivity index (χ2v) is 5.82. The molecule has 5 nitrogen and oxygen atoms in total. The largest absolute Gasteiger partial charge is 0.469 e. The summed E-state index contributed by atoms with van der Waals surface area (Å²) in [5, 5.41) is 0. The van der Waals surface area contributed by atoms with Gasteiger partial charge < -0.3 is 14.5 Å². The van der Waals surface area contributed by atoms with E-state index in [1.165, 1.54) is 32.1 Å². The Kier molecular flexibility index (Phi) is 19.1. The predicted molar refractivity (Wildman–Crippen MR) is 82.8 cm³/mol. The normalized spacial score (nSPS) is 11.1.